The van der Waals surface area contributed by atoms with Crippen molar-refractivity contribution in [3.63, 3.8) is 0 Å². The topological polar surface area (TPSA) is 126 Å². The van der Waals surface area contributed by atoms with Crippen molar-refractivity contribution in [2.24, 2.45) is 0 Å². The van der Waals surface area contributed by atoms with E-state index >= 15 is 0 Å². The SMILES string of the molecule is C[C@@H]1CN(c2cccc(-c3csc(NC(=O)CNC(=O)c4cccc([C@@H]5COC[C@H]5O)c4)n3)n2)C[C@H](C)O1. The Morgan fingerprint density at radius 2 is 1.87 bits per heavy atom. The molecule has 4 heterocycles. The molecule has 2 aliphatic heterocycles. The first-order valence-corrected chi connectivity index (χ1v) is 13.5. The zero-order valence-electron chi connectivity index (χ0n) is 21.3. The number of aromatic nitrogens is 2. The molecule has 4 atom stereocenters. The van der Waals surface area contributed by atoms with Crippen LogP contribution in [0.2, 0.25) is 0 Å². The maximum Gasteiger partial charge on any atom is 0.251 e. The van der Waals surface area contributed by atoms with E-state index in [-0.39, 0.29) is 43.1 Å². The van der Waals surface area contributed by atoms with Crippen LogP contribution in [0.5, 0.6) is 0 Å². The van der Waals surface area contributed by atoms with Gasteiger partial charge in [-0.2, -0.15) is 0 Å². The summed E-state index contributed by atoms with van der Waals surface area (Å²) in [5.74, 6) is -0.0535. The van der Waals surface area contributed by atoms with E-state index in [0.29, 0.717) is 23.0 Å². The second-order valence-corrected chi connectivity index (χ2v) is 10.5. The first-order chi connectivity index (χ1) is 18.4. The van der Waals surface area contributed by atoms with Crippen LogP contribution in [0.1, 0.15) is 35.7 Å². The number of hydrogen-bond donors (Lipinski definition) is 3. The molecular formula is C27H31N5O5S. The van der Waals surface area contributed by atoms with E-state index in [1.165, 1.54) is 11.3 Å². The van der Waals surface area contributed by atoms with Gasteiger partial charge in [0.15, 0.2) is 5.13 Å². The molecule has 2 fully saturated rings. The summed E-state index contributed by atoms with van der Waals surface area (Å²) in [7, 11) is 0. The molecule has 0 bridgehead atoms. The number of nitrogens with zero attached hydrogens (tertiary/aromatic N) is 3. The van der Waals surface area contributed by atoms with Crippen LogP contribution < -0.4 is 15.5 Å². The van der Waals surface area contributed by atoms with Crippen LogP contribution in [-0.2, 0) is 14.3 Å². The number of carbonyl (C=O) groups is 2. The van der Waals surface area contributed by atoms with Gasteiger partial charge in [-0.25, -0.2) is 9.97 Å². The Balaban J connectivity index is 1.16. The molecule has 5 rings (SSSR count). The highest BCUT2D eigenvalue weighted by atomic mass is 32.1. The van der Waals surface area contributed by atoms with Gasteiger partial charge in [0, 0.05) is 30.0 Å². The minimum Gasteiger partial charge on any atom is -0.390 e. The van der Waals surface area contributed by atoms with Crippen molar-refractivity contribution in [1.82, 2.24) is 15.3 Å². The summed E-state index contributed by atoms with van der Waals surface area (Å²) >= 11 is 1.30. The molecule has 11 heteroatoms. The van der Waals surface area contributed by atoms with Crippen LogP contribution in [0.25, 0.3) is 11.4 Å². The van der Waals surface area contributed by atoms with E-state index in [9.17, 15) is 14.7 Å². The number of amides is 2. The van der Waals surface area contributed by atoms with Gasteiger partial charge in [-0.05, 0) is 43.7 Å². The number of rotatable bonds is 7. The molecule has 3 aromatic rings. The number of hydrogen-bond acceptors (Lipinski definition) is 9. The molecule has 2 amide bonds. The molecule has 10 nitrogen and oxygen atoms in total. The van der Waals surface area contributed by atoms with E-state index in [1.54, 1.807) is 18.2 Å². The van der Waals surface area contributed by atoms with Gasteiger partial charge in [-0.15, -0.1) is 11.3 Å². The average Bonchev–Trinajstić information content (AvgIpc) is 3.56. The average molecular weight is 538 g/mol. The Kier molecular flexibility index (Phi) is 7.98. The number of aliphatic hydroxyl groups excluding tert-OH is 1. The predicted octanol–water partition coefficient (Wildman–Crippen LogP) is 2.66. The fraction of sp³-hybridized carbons (Fsp3) is 0.407. The van der Waals surface area contributed by atoms with E-state index in [2.05, 4.69) is 34.4 Å². The third-order valence-corrected chi connectivity index (χ3v) is 7.29. The number of morpholine rings is 1. The van der Waals surface area contributed by atoms with Gasteiger partial charge < -0.3 is 30.1 Å². The van der Waals surface area contributed by atoms with Gasteiger partial charge >= 0.3 is 0 Å². The quantitative estimate of drug-likeness (QED) is 0.420. The molecule has 1 aromatic carbocycles. The molecule has 2 aromatic heterocycles. The maximum atomic E-state index is 12.6. The summed E-state index contributed by atoms with van der Waals surface area (Å²) < 4.78 is 11.1. The molecule has 200 valence electrons. The third kappa shape index (κ3) is 6.18. The van der Waals surface area contributed by atoms with Crippen molar-refractivity contribution in [3.8, 4) is 11.4 Å². The standard InChI is InChI=1S/C27H31N5O5S/c1-16-11-32(12-17(2)37-16)24-8-4-7-21(29-24)22-15-38-27(30-22)31-25(34)10-28-26(35)19-6-3-5-18(9-19)20-13-36-14-23(20)33/h3-9,15-17,20,23,33H,10-14H2,1-2H3,(H,28,35)(H,30,31,34)/t16-,17+,20-,23+/m0/s1. The molecule has 2 saturated heterocycles. The van der Waals surface area contributed by atoms with Crippen LogP contribution in [-0.4, -0.2) is 78.0 Å². The highest BCUT2D eigenvalue weighted by Gasteiger charge is 2.28. The summed E-state index contributed by atoms with van der Waals surface area (Å²) in [6.45, 7) is 6.15. The Morgan fingerprint density at radius 3 is 2.63 bits per heavy atom. The number of aliphatic hydroxyl groups is 1. The minimum absolute atomic E-state index is 0.129. The van der Waals surface area contributed by atoms with Gasteiger partial charge in [0.25, 0.3) is 5.91 Å². The highest BCUT2D eigenvalue weighted by Crippen LogP contribution is 2.27. The van der Waals surface area contributed by atoms with Crippen molar-refractivity contribution < 1.29 is 24.2 Å². The molecule has 0 spiro atoms. The number of ether oxygens (including phenoxy) is 2. The van der Waals surface area contributed by atoms with E-state index in [0.717, 1.165) is 30.2 Å². The summed E-state index contributed by atoms with van der Waals surface area (Å²) in [5, 5.41) is 17.7. The third-order valence-electron chi connectivity index (χ3n) is 6.53. The van der Waals surface area contributed by atoms with Gasteiger partial charge in [0.05, 0.1) is 43.8 Å². The van der Waals surface area contributed by atoms with Crippen molar-refractivity contribution in [3.05, 3.63) is 59.0 Å². The fourth-order valence-electron chi connectivity index (χ4n) is 4.75. The minimum atomic E-state index is -0.591. The lowest BCUT2D eigenvalue weighted by Gasteiger charge is -2.36. The van der Waals surface area contributed by atoms with Gasteiger partial charge in [0.1, 0.15) is 11.5 Å². The molecule has 0 saturated carbocycles. The lowest BCUT2D eigenvalue weighted by Crippen LogP contribution is -2.45. The Labute approximate surface area is 225 Å². The van der Waals surface area contributed by atoms with E-state index in [4.69, 9.17) is 14.5 Å². The largest absolute Gasteiger partial charge is 0.390 e. The van der Waals surface area contributed by atoms with E-state index in [1.807, 2.05) is 29.6 Å². The van der Waals surface area contributed by atoms with Crippen molar-refractivity contribution in [2.75, 3.05) is 43.1 Å². The Hall–Kier alpha value is -3.38. The van der Waals surface area contributed by atoms with Crippen LogP contribution in [0.4, 0.5) is 10.9 Å². The Morgan fingerprint density at radius 1 is 1.08 bits per heavy atom. The van der Waals surface area contributed by atoms with Crippen LogP contribution >= 0.6 is 11.3 Å². The fourth-order valence-corrected chi connectivity index (χ4v) is 5.47. The lowest BCUT2D eigenvalue weighted by atomic mass is 9.94. The maximum absolute atomic E-state index is 12.6. The number of pyridine rings is 1. The second-order valence-electron chi connectivity index (χ2n) is 9.65. The zero-order chi connectivity index (χ0) is 26.6. The van der Waals surface area contributed by atoms with Crippen molar-refractivity contribution >= 4 is 34.1 Å². The second kappa shape index (κ2) is 11.6. The first kappa shape index (κ1) is 26.2. The molecule has 0 radical (unpaired) electrons. The zero-order valence-corrected chi connectivity index (χ0v) is 22.1. The number of nitrogens with one attached hydrogen (secondary N) is 2. The van der Waals surface area contributed by atoms with Crippen LogP contribution in [0.15, 0.2) is 47.8 Å². The molecular weight excluding hydrogens is 506 g/mol. The highest BCUT2D eigenvalue weighted by molar-refractivity contribution is 7.14. The monoisotopic (exact) mass is 537 g/mol. The predicted molar refractivity (Wildman–Crippen MR) is 145 cm³/mol. The van der Waals surface area contributed by atoms with E-state index < -0.39 is 6.10 Å². The molecule has 2 aliphatic rings. The Bertz CT molecular complexity index is 1290. The summed E-state index contributed by atoms with van der Waals surface area (Å²) in [6, 6.07) is 12.8. The van der Waals surface area contributed by atoms with Crippen molar-refractivity contribution in [1.29, 1.82) is 0 Å². The van der Waals surface area contributed by atoms with Gasteiger partial charge in [0.2, 0.25) is 5.91 Å². The molecule has 3 N–H and O–H groups in total. The normalized spacial score (nSPS) is 23.3. The van der Waals surface area contributed by atoms with Crippen LogP contribution in [0.3, 0.4) is 0 Å². The van der Waals surface area contributed by atoms with Crippen LogP contribution in [0, 0.1) is 0 Å². The lowest BCUT2D eigenvalue weighted by molar-refractivity contribution is -0.115. The number of anilines is 2. The summed E-state index contributed by atoms with van der Waals surface area (Å²) in [6.07, 6.45) is -0.333. The van der Waals surface area contributed by atoms with Crippen molar-refractivity contribution in [2.45, 2.75) is 38.1 Å². The molecule has 0 unspecified atom stereocenters. The summed E-state index contributed by atoms with van der Waals surface area (Å²) in [5.41, 5.74) is 2.64. The number of carbonyl (C=O) groups excluding carboxylic acids is 2. The number of thiazole rings is 1. The smallest absolute Gasteiger partial charge is 0.251 e. The molecule has 38 heavy (non-hydrogen) atoms. The van der Waals surface area contributed by atoms with Gasteiger partial charge in [-0.3, -0.25) is 9.59 Å². The first-order valence-electron chi connectivity index (χ1n) is 12.6. The molecule has 0 aliphatic carbocycles. The number of benzene rings is 1. The van der Waals surface area contributed by atoms with Gasteiger partial charge in [-0.1, -0.05) is 18.2 Å². The summed E-state index contributed by atoms with van der Waals surface area (Å²) in [4.78, 5) is 36.6.